The molecule has 2 atom stereocenters. The first-order chi connectivity index (χ1) is 7.49. The van der Waals surface area contributed by atoms with Crippen molar-refractivity contribution >= 4 is 0 Å². The zero-order valence-electron chi connectivity index (χ0n) is 10.2. The van der Waals surface area contributed by atoms with Gasteiger partial charge >= 0.3 is 0 Å². The second-order valence-corrected chi connectivity index (χ2v) is 4.60. The van der Waals surface area contributed by atoms with Gasteiger partial charge in [0.25, 0.3) is 0 Å². The van der Waals surface area contributed by atoms with Crippen molar-refractivity contribution in [2.24, 2.45) is 11.7 Å². The van der Waals surface area contributed by atoms with Crippen LogP contribution in [-0.2, 0) is 0 Å². The van der Waals surface area contributed by atoms with E-state index in [-0.39, 0.29) is 0 Å². The molecule has 0 fully saturated rings. The van der Waals surface area contributed by atoms with Gasteiger partial charge in [-0.25, -0.2) is 0 Å². The summed E-state index contributed by atoms with van der Waals surface area (Å²) in [6, 6.07) is 7.64. The Kier molecular flexibility index (Phi) is 4.77. The van der Waals surface area contributed by atoms with E-state index in [0.29, 0.717) is 18.1 Å². The summed E-state index contributed by atoms with van der Waals surface area (Å²) in [4.78, 5) is 0. The number of ether oxygens (including phenoxy) is 1. The number of nitrogens with two attached hydrogens (primary N) is 1. The monoisotopic (exact) mass is 223 g/mol. The van der Waals surface area contributed by atoms with E-state index in [1.165, 1.54) is 0 Å². The molecule has 16 heavy (non-hydrogen) atoms. The van der Waals surface area contributed by atoms with Crippen molar-refractivity contribution in [3.8, 4) is 5.75 Å². The molecule has 0 bridgehead atoms. The zero-order chi connectivity index (χ0) is 12.1. The molecule has 0 aliphatic heterocycles. The van der Waals surface area contributed by atoms with Crippen LogP contribution in [0.5, 0.6) is 5.75 Å². The summed E-state index contributed by atoms with van der Waals surface area (Å²) in [6.07, 6.45) is -0.641. The minimum absolute atomic E-state index is 0.405. The standard InChI is InChI=1S/C13H21NO2/c1-9(2)7-12(15)13(14)16-11-6-4-5-10(3)8-11/h4-6,8-9,12-13,15H,7,14H2,1-3H3. The van der Waals surface area contributed by atoms with Crippen molar-refractivity contribution in [3.05, 3.63) is 29.8 Å². The van der Waals surface area contributed by atoms with E-state index in [1.807, 2.05) is 45.0 Å². The fourth-order valence-electron chi connectivity index (χ4n) is 1.54. The van der Waals surface area contributed by atoms with Crippen molar-refractivity contribution in [2.45, 2.75) is 39.5 Å². The van der Waals surface area contributed by atoms with E-state index in [1.54, 1.807) is 0 Å². The molecule has 0 saturated heterocycles. The SMILES string of the molecule is Cc1cccc(OC(N)C(O)CC(C)C)c1. The minimum Gasteiger partial charge on any atom is -0.473 e. The van der Waals surface area contributed by atoms with Crippen LogP contribution in [0, 0.1) is 12.8 Å². The van der Waals surface area contributed by atoms with Crippen molar-refractivity contribution in [3.63, 3.8) is 0 Å². The van der Waals surface area contributed by atoms with Crippen LogP contribution in [0.3, 0.4) is 0 Å². The molecular formula is C13H21NO2. The van der Waals surface area contributed by atoms with E-state index >= 15 is 0 Å². The number of rotatable bonds is 5. The van der Waals surface area contributed by atoms with Crippen LogP contribution in [0.1, 0.15) is 25.8 Å². The molecule has 0 heterocycles. The second kappa shape index (κ2) is 5.87. The average molecular weight is 223 g/mol. The van der Waals surface area contributed by atoms with Crippen LogP contribution in [0.4, 0.5) is 0 Å². The maximum Gasteiger partial charge on any atom is 0.173 e. The van der Waals surface area contributed by atoms with Crippen LogP contribution >= 0.6 is 0 Å². The van der Waals surface area contributed by atoms with E-state index < -0.39 is 12.3 Å². The molecule has 2 unspecified atom stereocenters. The molecule has 0 spiro atoms. The number of benzene rings is 1. The predicted molar refractivity (Wildman–Crippen MR) is 65.2 cm³/mol. The third-order valence-electron chi connectivity index (χ3n) is 2.35. The molecule has 1 rings (SSSR count). The molecule has 3 N–H and O–H groups in total. The fraction of sp³-hybridized carbons (Fsp3) is 0.538. The summed E-state index contributed by atoms with van der Waals surface area (Å²) in [5.41, 5.74) is 6.89. The molecule has 1 aromatic carbocycles. The number of hydrogen-bond donors (Lipinski definition) is 2. The molecule has 3 nitrogen and oxygen atoms in total. The smallest absolute Gasteiger partial charge is 0.173 e. The van der Waals surface area contributed by atoms with Gasteiger partial charge < -0.3 is 9.84 Å². The first kappa shape index (κ1) is 13.0. The average Bonchev–Trinajstić information content (AvgIpc) is 2.16. The lowest BCUT2D eigenvalue weighted by Crippen LogP contribution is -2.40. The topological polar surface area (TPSA) is 55.5 Å². The number of hydrogen-bond acceptors (Lipinski definition) is 3. The van der Waals surface area contributed by atoms with Crippen LogP contribution in [-0.4, -0.2) is 17.4 Å². The van der Waals surface area contributed by atoms with Crippen LogP contribution < -0.4 is 10.5 Å². The lowest BCUT2D eigenvalue weighted by atomic mass is 10.1. The molecule has 0 aliphatic carbocycles. The highest BCUT2D eigenvalue weighted by Crippen LogP contribution is 2.15. The summed E-state index contributed by atoms with van der Waals surface area (Å²) in [5, 5.41) is 9.77. The molecular weight excluding hydrogens is 202 g/mol. The Balaban J connectivity index is 2.53. The molecule has 90 valence electrons. The van der Waals surface area contributed by atoms with Gasteiger partial charge in [0.05, 0.1) is 0 Å². The largest absolute Gasteiger partial charge is 0.473 e. The van der Waals surface area contributed by atoms with Crippen LogP contribution in [0.25, 0.3) is 0 Å². The Morgan fingerprint density at radius 1 is 1.38 bits per heavy atom. The molecule has 1 aromatic rings. The molecule has 3 heteroatoms. The highest BCUT2D eigenvalue weighted by molar-refractivity contribution is 5.27. The third kappa shape index (κ3) is 4.21. The van der Waals surface area contributed by atoms with Crippen molar-refractivity contribution in [1.82, 2.24) is 0 Å². The maximum absolute atomic E-state index is 9.77. The number of aliphatic hydroxyl groups excluding tert-OH is 1. The van der Waals surface area contributed by atoms with Gasteiger partial charge in [-0.3, -0.25) is 5.73 Å². The van der Waals surface area contributed by atoms with Gasteiger partial charge in [0.2, 0.25) is 0 Å². The second-order valence-electron chi connectivity index (χ2n) is 4.60. The summed E-state index contributed by atoms with van der Waals surface area (Å²) >= 11 is 0. The van der Waals surface area contributed by atoms with E-state index in [9.17, 15) is 5.11 Å². The third-order valence-corrected chi connectivity index (χ3v) is 2.35. The van der Waals surface area contributed by atoms with Crippen LogP contribution in [0.15, 0.2) is 24.3 Å². The molecule has 0 aromatic heterocycles. The minimum atomic E-state index is -0.663. The first-order valence-electron chi connectivity index (χ1n) is 5.66. The number of aryl methyl sites for hydroxylation is 1. The summed E-state index contributed by atoms with van der Waals surface area (Å²) in [6.45, 7) is 6.08. The predicted octanol–water partition coefficient (Wildman–Crippen LogP) is 2.07. The van der Waals surface area contributed by atoms with Gasteiger partial charge in [0.15, 0.2) is 6.23 Å². The summed E-state index contributed by atoms with van der Waals surface area (Å²) < 4.78 is 5.49. The fourth-order valence-corrected chi connectivity index (χ4v) is 1.54. The van der Waals surface area contributed by atoms with E-state index in [0.717, 1.165) is 5.56 Å². The lowest BCUT2D eigenvalue weighted by molar-refractivity contribution is 0.0268. The Morgan fingerprint density at radius 3 is 2.62 bits per heavy atom. The van der Waals surface area contributed by atoms with E-state index in [2.05, 4.69) is 0 Å². The van der Waals surface area contributed by atoms with Gasteiger partial charge in [-0.2, -0.15) is 0 Å². The van der Waals surface area contributed by atoms with Gasteiger partial charge in [0.1, 0.15) is 11.9 Å². The Bertz CT molecular complexity index is 325. The van der Waals surface area contributed by atoms with Gasteiger partial charge in [-0.1, -0.05) is 26.0 Å². The first-order valence-corrected chi connectivity index (χ1v) is 5.66. The van der Waals surface area contributed by atoms with Gasteiger partial charge in [-0.15, -0.1) is 0 Å². The van der Waals surface area contributed by atoms with E-state index in [4.69, 9.17) is 10.5 Å². The highest BCUT2D eigenvalue weighted by atomic mass is 16.5. The quantitative estimate of drug-likeness (QED) is 0.751. The normalized spacial score (nSPS) is 14.9. The molecule has 0 amide bonds. The molecule has 0 aliphatic rings. The maximum atomic E-state index is 9.77. The summed E-state index contributed by atoms with van der Waals surface area (Å²) in [7, 11) is 0. The number of aliphatic hydroxyl groups is 1. The Morgan fingerprint density at radius 2 is 2.06 bits per heavy atom. The van der Waals surface area contributed by atoms with Crippen molar-refractivity contribution in [1.29, 1.82) is 0 Å². The molecule has 0 radical (unpaired) electrons. The van der Waals surface area contributed by atoms with Crippen molar-refractivity contribution < 1.29 is 9.84 Å². The Hall–Kier alpha value is -1.06. The highest BCUT2D eigenvalue weighted by Gasteiger charge is 2.17. The lowest BCUT2D eigenvalue weighted by Gasteiger charge is -2.21. The van der Waals surface area contributed by atoms with Crippen molar-refractivity contribution in [2.75, 3.05) is 0 Å². The zero-order valence-corrected chi connectivity index (χ0v) is 10.2. The van der Waals surface area contributed by atoms with Crippen LogP contribution in [0.2, 0.25) is 0 Å². The van der Waals surface area contributed by atoms with Gasteiger partial charge in [0, 0.05) is 0 Å². The summed E-state index contributed by atoms with van der Waals surface area (Å²) in [5.74, 6) is 1.11. The Labute approximate surface area is 97.2 Å². The molecule has 0 saturated carbocycles. The van der Waals surface area contributed by atoms with Gasteiger partial charge in [-0.05, 0) is 37.0 Å².